The molecule has 0 saturated carbocycles. The SMILES string of the molecule is CN1C2=C(CN(c3ncc(C(=O)NO)cn3)CC2)C(O)c2ccccc21. The number of nitrogens with one attached hydrogen (secondary N) is 1. The van der Waals surface area contributed by atoms with Gasteiger partial charge < -0.3 is 14.9 Å². The van der Waals surface area contributed by atoms with Crippen molar-refractivity contribution >= 4 is 17.5 Å². The Kier molecular flexibility index (Phi) is 4.06. The van der Waals surface area contributed by atoms with E-state index in [1.54, 1.807) is 5.48 Å². The molecule has 2 aliphatic heterocycles. The number of para-hydroxylation sites is 1. The predicted molar refractivity (Wildman–Crippen MR) is 94.9 cm³/mol. The number of carbonyl (C=O) groups excluding carboxylic acids is 1. The zero-order valence-corrected chi connectivity index (χ0v) is 14.3. The lowest BCUT2D eigenvalue weighted by Gasteiger charge is -2.41. The van der Waals surface area contributed by atoms with E-state index >= 15 is 0 Å². The van der Waals surface area contributed by atoms with Crippen molar-refractivity contribution in [3.05, 3.63) is 59.1 Å². The normalized spacial score (nSPS) is 19.1. The number of rotatable bonds is 2. The van der Waals surface area contributed by atoms with Crippen LogP contribution in [0.2, 0.25) is 0 Å². The van der Waals surface area contributed by atoms with Crippen LogP contribution in [0.4, 0.5) is 11.6 Å². The molecule has 0 spiro atoms. The quantitative estimate of drug-likeness (QED) is 0.551. The van der Waals surface area contributed by atoms with Gasteiger partial charge >= 0.3 is 0 Å². The van der Waals surface area contributed by atoms with Crippen molar-refractivity contribution in [2.45, 2.75) is 12.5 Å². The summed E-state index contributed by atoms with van der Waals surface area (Å²) >= 11 is 0. The van der Waals surface area contributed by atoms with E-state index in [2.05, 4.69) is 14.9 Å². The first-order valence-electron chi connectivity index (χ1n) is 8.34. The highest BCUT2D eigenvalue weighted by molar-refractivity contribution is 5.92. The van der Waals surface area contributed by atoms with Crippen LogP contribution < -0.4 is 15.3 Å². The lowest BCUT2D eigenvalue weighted by Crippen LogP contribution is -2.40. The Bertz CT molecular complexity index is 881. The molecule has 1 atom stereocenters. The topological polar surface area (TPSA) is 102 Å². The average Bonchev–Trinajstić information content (AvgIpc) is 2.71. The van der Waals surface area contributed by atoms with Gasteiger partial charge in [0, 0.05) is 61.5 Å². The number of amides is 1. The Morgan fingerprint density at radius 1 is 1.27 bits per heavy atom. The van der Waals surface area contributed by atoms with Crippen LogP contribution in [0.3, 0.4) is 0 Å². The molecule has 4 rings (SSSR count). The fraction of sp³-hybridized carbons (Fsp3) is 0.278. The highest BCUT2D eigenvalue weighted by Gasteiger charge is 2.33. The summed E-state index contributed by atoms with van der Waals surface area (Å²) in [4.78, 5) is 23.9. The van der Waals surface area contributed by atoms with Crippen LogP contribution in [-0.2, 0) is 0 Å². The van der Waals surface area contributed by atoms with Crippen LogP contribution >= 0.6 is 0 Å². The monoisotopic (exact) mass is 353 g/mol. The number of nitrogens with zero attached hydrogens (tertiary/aromatic N) is 4. The predicted octanol–water partition coefficient (Wildman–Crippen LogP) is 1.24. The number of aromatic nitrogens is 2. The van der Waals surface area contributed by atoms with E-state index in [0.29, 0.717) is 19.0 Å². The molecule has 0 bridgehead atoms. The third-order valence-corrected chi connectivity index (χ3v) is 4.96. The zero-order chi connectivity index (χ0) is 18.3. The minimum Gasteiger partial charge on any atom is -0.384 e. The van der Waals surface area contributed by atoms with Crippen molar-refractivity contribution < 1.29 is 15.1 Å². The second-order valence-corrected chi connectivity index (χ2v) is 6.38. The largest absolute Gasteiger partial charge is 0.384 e. The second-order valence-electron chi connectivity index (χ2n) is 6.38. The van der Waals surface area contributed by atoms with E-state index < -0.39 is 12.0 Å². The third-order valence-electron chi connectivity index (χ3n) is 4.96. The summed E-state index contributed by atoms with van der Waals surface area (Å²) in [5.41, 5.74) is 5.74. The van der Waals surface area contributed by atoms with Gasteiger partial charge in [-0.1, -0.05) is 18.2 Å². The van der Waals surface area contributed by atoms with Crippen molar-refractivity contribution in [1.29, 1.82) is 0 Å². The van der Waals surface area contributed by atoms with Gasteiger partial charge in [-0.2, -0.15) is 0 Å². The minimum atomic E-state index is -0.653. The van der Waals surface area contributed by atoms with Gasteiger partial charge in [-0.05, 0) is 6.07 Å². The molecule has 0 aliphatic carbocycles. The first kappa shape index (κ1) is 16.5. The smallest absolute Gasteiger partial charge is 0.277 e. The van der Waals surface area contributed by atoms with Gasteiger partial charge in [0.15, 0.2) is 0 Å². The molecule has 134 valence electrons. The number of hydroxylamine groups is 1. The summed E-state index contributed by atoms with van der Waals surface area (Å²) in [7, 11) is 2.02. The Hall–Kier alpha value is -2.97. The summed E-state index contributed by atoms with van der Waals surface area (Å²) in [5, 5.41) is 19.5. The second kappa shape index (κ2) is 6.40. The van der Waals surface area contributed by atoms with E-state index in [0.717, 1.165) is 28.9 Å². The standard InChI is InChI=1S/C18H19N5O3/c1-22-14-5-3-2-4-12(14)16(24)13-10-23(7-6-15(13)22)18-19-8-11(9-20-18)17(25)21-26/h2-5,8-9,16,24,26H,6-7,10H2,1H3,(H,21,25). The Morgan fingerprint density at radius 2 is 2.00 bits per heavy atom. The van der Waals surface area contributed by atoms with Crippen molar-refractivity contribution in [3.8, 4) is 0 Å². The fourth-order valence-corrected chi connectivity index (χ4v) is 3.60. The number of fused-ring (bicyclic) bond motifs is 1. The van der Waals surface area contributed by atoms with Gasteiger partial charge in [0.25, 0.3) is 5.91 Å². The van der Waals surface area contributed by atoms with Gasteiger partial charge in [0.2, 0.25) is 5.95 Å². The van der Waals surface area contributed by atoms with Crippen LogP contribution in [0.15, 0.2) is 47.9 Å². The number of hydrogen-bond acceptors (Lipinski definition) is 7. The van der Waals surface area contributed by atoms with Crippen molar-refractivity contribution in [1.82, 2.24) is 15.4 Å². The molecule has 1 aromatic heterocycles. The van der Waals surface area contributed by atoms with Gasteiger partial charge in [-0.15, -0.1) is 0 Å². The van der Waals surface area contributed by atoms with E-state index in [1.807, 2.05) is 36.2 Å². The molecule has 1 aromatic carbocycles. The zero-order valence-electron chi connectivity index (χ0n) is 14.3. The number of hydrogen-bond donors (Lipinski definition) is 3. The molecule has 0 fully saturated rings. The maximum Gasteiger partial charge on any atom is 0.277 e. The minimum absolute atomic E-state index is 0.180. The third kappa shape index (κ3) is 2.59. The maximum absolute atomic E-state index is 11.4. The Balaban J connectivity index is 1.61. The molecule has 2 aliphatic rings. The van der Waals surface area contributed by atoms with Crippen LogP contribution in [0.1, 0.15) is 28.4 Å². The summed E-state index contributed by atoms with van der Waals surface area (Å²) in [6.07, 6.45) is 2.85. The van der Waals surface area contributed by atoms with E-state index in [9.17, 15) is 9.90 Å². The molecule has 3 heterocycles. The molecule has 3 N–H and O–H groups in total. The Labute approximate surface area is 150 Å². The highest BCUT2D eigenvalue weighted by atomic mass is 16.5. The van der Waals surface area contributed by atoms with E-state index in [-0.39, 0.29) is 5.56 Å². The molecular formula is C18H19N5O3. The number of carbonyl (C=O) groups is 1. The number of aliphatic hydroxyl groups excluding tert-OH is 1. The summed E-state index contributed by atoms with van der Waals surface area (Å²) < 4.78 is 0. The van der Waals surface area contributed by atoms with Crippen LogP contribution in [0.5, 0.6) is 0 Å². The van der Waals surface area contributed by atoms with Crippen LogP contribution in [0.25, 0.3) is 0 Å². The summed E-state index contributed by atoms with van der Waals surface area (Å²) in [6.45, 7) is 1.23. The number of aliphatic hydroxyl groups is 1. The van der Waals surface area contributed by atoms with E-state index in [1.165, 1.54) is 12.4 Å². The summed E-state index contributed by atoms with van der Waals surface area (Å²) in [5.74, 6) is -0.166. The van der Waals surface area contributed by atoms with Crippen LogP contribution in [0, 0.1) is 0 Å². The molecule has 1 amide bonds. The molecule has 8 nitrogen and oxygen atoms in total. The van der Waals surface area contributed by atoms with Crippen molar-refractivity contribution in [3.63, 3.8) is 0 Å². The molecule has 8 heteroatoms. The lowest BCUT2D eigenvalue weighted by molar-refractivity contribution is 0.0705. The van der Waals surface area contributed by atoms with Crippen molar-refractivity contribution in [2.75, 3.05) is 29.9 Å². The van der Waals surface area contributed by atoms with Crippen LogP contribution in [-0.4, -0.2) is 46.3 Å². The molecular weight excluding hydrogens is 334 g/mol. The highest BCUT2D eigenvalue weighted by Crippen LogP contribution is 2.42. The summed E-state index contributed by atoms with van der Waals surface area (Å²) in [6, 6.07) is 7.86. The first-order chi connectivity index (χ1) is 12.6. The van der Waals surface area contributed by atoms with Gasteiger partial charge in [-0.25, -0.2) is 15.4 Å². The van der Waals surface area contributed by atoms with Gasteiger partial charge in [-0.3, -0.25) is 10.0 Å². The first-order valence-corrected chi connectivity index (χ1v) is 8.34. The maximum atomic E-state index is 11.4. The molecule has 1 unspecified atom stereocenters. The molecule has 26 heavy (non-hydrogen) atoms. The molecule has 0 radical (unpaired) electrons. The lowest BCUT2D eigenvalue weighted by atomic mass is 9.89. The molecule has 2 aromatic rings. The van der Waals surface area contributed by atoms with Gasteiger partial charge in [0.05, 0.1) is 5.56 Å². The van der Waals surface area contributed by atoms with Crippen molar-refractivity contribution in [2.24, 2.45) is 0 Å². The number of benzene rings is 1. The van der Waals surface area contributed by atoms with E-state index in [4.69, 9.17) is 5.21 Å². The number of anilines is 2. The van der Waals surface area contributed by atoms with Gasteiger partial charge in [0.1, 0.15) is 6.10 Å². The molecule has 0 saturated heterocycles. The fourth-order valence-electron chi connectivity index (χ4n) is 3.60. The Morgan fingerprint density at radius 3 is 2.73 bits per heavy atom. The average molecular weight is 353 g/mol.